The van der Waals surface area contributed by atoms with Gasteiger partial charge in [0.1, 0.15) is 6.33 Å². The molecule has 4 N–H and O–H groups in total. The molecule has 4 rings (SSSR count). The summed E-state index contributed by atoms with van der Waals surface area (Å²) in [5, 5.41) is 13.1. The van der Waals surface area contributed by atoms with Gasteiger partial charge in [0.15, 0.2) is 11.9 Å². The molecule has 8 nitrogen and oxygen atoms in total. The average Bonchev–Trinajstić information content (AvgIpc) is 3.34. The summed E-state index contributed by atoms with van der Waals surface area (Å²) in [5.74, 6) is -1.03. The number of amides is 2. The van der Waals surface area contributed by atoms with E-state index < -0.39 is 24.0 Å². The summed E-state index contributed by atoms with van der Waals surface area (Å²) in [6.45, 7) is 0. The van der Waals surface area contributed by atoms with E-state index in [1.165, 1.54) is 0 Å². The van der Waals surface area contributed by atoms with Crippen LogP contribution in [0, 0.1) is 0 Å². The minimum absolute atomic E-state index is 0.232. The van der Waals surface area contributed by atoms with Crippen molar-refractivity contribution in [1.29, 1.82) is 0 Å². The maximum Gasteiger partial charge on any atom is 0.255 e. The van der Waals surface area contributed by atoms with Crippen molar-refractivity contribution in [3.63, 3.8) is 0 Å². The second-order valence-electron chi connectivity index (χ2n) is 7.52. The molecule has 2 unspecified atom stereocenters. The Morgan fingerprint density at radius 3 is 2.36 bits per heavy atom. The van der Waals surface area contributed by atoms with Gasteiger partial charge >= 0.3 is 0 Å². The van der Waals surface area contributed by atoms with Crippen LogP contribution in [0.1, 0.15) is 15.9 Å². The van der Waals surface area contributed by atoms with E-state index in [4.69, 9.17) is 5.73 Å². The number of aromatic nitrogens is 3. The van der Waals surface area contributed by atoms with E-state index in [1.54, 1.807) is 35.4 Å². The highest BCUT2D eigenvalue weighted by atomic mass is 16.3. The number of nitrogens with zero attached hydrogens (tertiary/aromatic N) is 3. The smallest absolute Gasteiger partial charge is 0.255 e. The molecular weight excluding hydrogens is 418 g/mol. The summed E-state index contributed by atoms with van der Waals surface area (Å²) in [6, 6.07) is 21.2. The molecule has 0 fully saturated rings. The second-order valence-corrected chi connectivity index (χ2v) is 7.52. The van der Waals surface area contributed by atoms with E-state index in [1.807, 2.05) is 60.7 Å². The predicted molar refractivity (Wildman–Crippen MR) is 123 cm³/mol. The molecule has 33 heavy (non-hydrogen) atoms. The Balaban J connectivity index is 1.61. The van der Waals surface area contributed by atoms with E-state index in [-0.39, 0.29) is 12.0 Å². The van der Waals surface area contributed by atoms with Gasteiger partial charge in [0.2, 0.25) is 5.91 Å². The van der Waals surface area contributed by atoms with E-state index in [0.29, 0.717) is 5.82 Å². The van der Waals surface area contributed by atoms with E-state index in [0.717, 1.165) is 16.8 Å². The van der Waals surface area contributed by atoms with Gasteiger partial charge in [-0.05, 0) is 24.1 Å². The van der Waals surface area contributed by atoms with Gasteiger partial charge in [0, 0.05) is 18.0 Å². The third-order valence-electron chi connectivity index (χ3n) is 5.22. The summed E-state index contributed by atoms with van der Waals surface area (Å²) in [5.41, 5.74) is 8.10. The van der Waals surface area contributed by atoms with Crippen LogP contribution in [-0.2, 0) is 11.2 Å². The van der Waals surface area contributed by atoms with Crippen LogP contribution in [0.4, 0.5) is 0 Å². The largest absolute Gasteiger partial charge is 0.381 e. The van der Waals surface area contributed by atoms with Gasteiger partial charge in [-0.25, -0.2) is 9.97 Å². The fourth-order valence-corrected chi connectivity index (χ4v) is 3.53. The van der Waals surface area contributed by atoms with Crippen LogP contribution in [0.3, 0.4) is 0 Å². The Hall–Kier alpha value is -4.30. The number of benzene rings is 2. The zero-order valence-corrected chi connectivity index (χ0v) is 17.7. The molecule has 8 heteroatoms. The average molecular weight is 441 g/mol. The van der Waals surface area contributed by atoms with E-state index in [9.17, 15) is 14.7 Å². The summed E-state index contributed by atoms with van der Waals surface area (Å²) in [7, 11) is 0. The van der Waals surface area contributed by atoms with Crippen LogP contribution in [0.2, 0.25) is 0 Å². The lowest BCUT2D eigenvalue weighted by molar-refractivity contribution is -0.127. The topological polar surface area (TPSA) is 123 Å². The SMILES string of the molecule is NC(=O)C(O)C(Cc1ccccc1)NC(=O)c1cccnc1-n1cnc(-c2ccccc2)c1. The first kappa shape index (κ1) is 21.9. The van der Waals surface area contributed by atoms with Crippen LogP contribution >= 0.6 is 0 Å². The number of rotatable bonds is 8. The number of primary amides is 1. The van der Waals surface area contributed by atoms with Gasteiger partial charge in [-0.1, -0.05) is 60.7 Å². The zero-order valence-electron chi connectivity index (χ0n) is 17.7. The summed E-state index contributed by atoms with van der Waals surface area (Å²) in [6.07, 6.45) is 3.63. The Labute approximate surface area is 190 Å². The van der Waals surface area contributed by atoms with Gasteiger partial charge in [0.05, 0.1) is 17.3 Å². The maximum atomic E-state index is 13.2. The van der Waals surface area contributed by atoms with Crippen LogP contribution in [0.5, 0.6) is 0 Å². The molecule has 2 amide bonds. The van der Waals surface area contributed by atoms with Crippen molar-refractivity contribution in [2.24, 2.45) is 5.73 Å². The van der Waals surface area contributed by atoms with E-state index in [2.05, 4.69) is 15.3 Å². The number of nitrogens with two attached hydrogens (primary N) is 1. The van der Waals surface area contributed by atoms with Crippen LogP contribution in [0.25, 0.3) is 17.1 Å². The number of nitrogens with one attached hydrogen (secondary N) is 1. The van der Waals surface area contributed by atoms with Crippen molar-refractivity contribution < 1.29 is 14.7 Å². The van der Waals surface area contributed by atoms with Crippen LogP contribution in [-0.4, -0.2) is 43.6 Å². The minimum atomic E-state index is -1.55. The molecule has 0 radical (unpaired) electrons. The van der Waals surface area contributed by atoms with Gasteiger partial charge in [-0.2, -0.15) is 0 Å². The molecule has 2 atom stereocenters. The Morgan fingerprint density at radius 2 is 1.67 bits per heavy atom. The minimum Gasteiger partial charge on any atom is -0.381 e. The first-order valence-corrected chi connectivity index (χ1v) is 10.4. The number of pyridine rings is 1. The number of hydrogen-bond acceptors (Lipinski definition) is 5. The van der Waals surface area contributed by atoms with Crippen LogP contribution < -0.4 is 11.1 Å². The van der Waals surface area contributed by atoms with Gasteiger partial charge in [0.25, 0.3) is 5.91 Å². The lowest BCUT2D eigenvalue weighted by Gasteiger charge is -2.23. The van der Waals surface area contributed by atoms with Gasteiger partial charge in [-0.15, -0.1) is 0 Å². The lowest BCUT2D eigenvalue weighted by atomic mass is 10.0. The Morgan fingerprint density at radius 1 is 0.970 bits per heavy atom. The third kappa shape index (κ3) is 5.13. The number of imidazole rings is 1. The summed E-state index contributed by atoms with van der Waals surface area (Å²) < 4.78 is 1.66. The molecule has 0 aliphatic heterocycles. The molecule has 166 valence electrons. The highest BCUT2D eigenvalue weighted by Crippen LogP contribution is 2.20. The highest BCUT2D eigenvalue weighted by Gasteiger charge is 2.27. The standard InChI is InChI=1S/C25H23N5O3/c26-23(32)22(31)20(14-17-8-3-1-4-9-17)29-25(33)19-12-7-13-27-24(19)30-15-21(28-16-30)18-10-5-2-6-11-18/h1-13,15-16,20,22,31H,14H2,(H2,26,32)(H,29,33). The van der Waals surface area contributed by atoms with Crippen molar-refractivity contribution in [1.82, 2.24) is 19.9 Å². The van der Waals surface area contributed by atoms with Gasteiger partial charge < -0.3 is 16.2 Å². The van der Waals surface area contributed by atoms with Crippen LogP contribution in [0.15, 0.2) is 91.5 Å². The van der Waals surface area contributed by atoms with E-state index >= 15 is 0 Å². The highest BCUT2D eigenvalue weighted by molar-refractivity contribution is 5.97. The van der Waals surface area contributed by atoms with Crippen molar-refractivity contribution in [2.45, 2.75) is 18.6 Å². The maximum absolute atomic E-state index is 13.2. The molecule has 0 spiro atoms. The quantitative estimate of drug-likeness (QED) is 0.387. The van der Waals surface area contributed by atoms with Gasteiger partial charge in [-0.3, -0.25) is 14.2 Å². The fraction of sp³-hybridized carbons (Fsp3) is 0.120. The molecule has 4 aromatic rings. The first-order chi connectivity index (χ1) is 16.0. The number of carbonyl (C=O) groups is 2. The molecule has 2 heterocycles. The van der Waals surface area contributed by atoms with Crippen molar-refractivity contribution in [3.05, 3.63) is 103 Å². The molecule has 0 saturated carbocycles. The monoisotopic (exact) mass is 441 g/mol. The Bertz CT molecular complexity index is 1240. The normalized spacial score (nSPS) is 12.6. The third-order valence-corrected chi connectivity index (χ3v) is 5.22. The molecule has 2 aromatic heterocycles. The number of aliphatic hydroxyl groups is 1. The lowest BCUT2D eigenvalue weighted by Crippen LogP contribution is -2.50. The Kier molecular flexibility index (Phi) is 6.56. The first-order valence-electron chi connectivity index (χ1n) is 10.4. The molecule has 0 aliphatic rings. The summed E-state index contributed by atoms with van der Waals surface area (Å²) >= 11 is 0. The van der Waals surface area contributed by atoms with Crippen molar-refractivity contribution in [3.8, 4) is 17.1 Å². The number of aliphatic hydroxyl groups excluding tert-OH is 1. The zero-order chi connectivity index (χ0) is 23.2. The predicted octanol–water partition coefficient (Wildman–Crippen LogP) is 2.12. The molecule has 0 saturated heterocycles. The molecule has 2 aromatic carbocycles. The molecule has 0 bridgehead atoms. The van der Waals surface area contributed by atoms with Crippen molar-refractivity contribution in [2.75, 3.05) is 0 Å². The molecular formula is C25H23N5O3. The summed E-state index contributed by atoms with van der Waals surface area (Å²) in [4.78, 5) is 33.6. The fourth-order valence-electron chi connectivity index (χ4n) is 3.53. The van der Waals surface area contributed by atoms with Crippen molar-refractivity contribution >= 4 is 11.8 Å². The number of carbonyl (C=O) groups excluding carboxylic acids is 2. The number of hydrogen-bond donors (Lipinski definition) is 3. The molecule has 0 aliphatic carbocycles. The second kappa shape index (κ2) is 9.88.